The quantitative estimate of drug-likeness (QED) is 0.874. The lowest BCUT2D eigenvalue weighted by molar-refractivity contribution is -0.117. The molecule has 2 rings (SSSR count). The smallest absolute Gasteiger partial charge is 0.230 e. The average Bonchev–Trinajstić information content (AvgIpc) is 2.78. The molecule has 2 aromatic rings. The van der Waals surface area contributed by atoms with E-state index in [1.807, 2.05) is 5.38 Å². The van der Waals surface area contributed by atoms with Gasteiger partial charge in [-0.3, -0.25) is 4.79 Å². The van der Waals surface area contributed by atoms with Gasteiger partial charge in [-0.1, -0.05) is 41.6 Å². The largest absolute Gasteiger partial charge is 0.369 e. The van der Waals surface area contributed by atoms with Crippen LogP contribution in [0.15, 0.2) is 34.0 Å². The Bertz CT molecular complexity index is 548. The van der Waals surface area contributed by atoms with E-state index in [9.17, 15) is 4.79 Å². The third-order valence-electron chi connectivity index (χ3n) is 2.51. The van der Waals surface area contributed by atoms with Crippen molar-refractivity contribution in [2.24, 2.45) is 5.73 Å². The SMILES string of the molecule is Cc1ccc(-c2csc(S[C@@H](C)C(N)=O)n2)cc1. The Morgan fingerprint density at radius 2 is 2.06 bits per heavy atom. The summed E-state index contributed by atoms with van der Waals surface area (Å²) in [7, 11) is 0. The van der Waals surface area contributed by atoms with Crippen LogP contribution in [0.4, 0.5) is 0 Å². The van der Waals surface area contributed by atoms with Crippen LogP contribution in [0.2, 0.25) is 0 Å². The van der Waals surface area contributed by atoms with Gasteiger partial charge in [0.05, 0.1) is 10.9 Å². The van der Waals surface area contributed by atoms with E-state index >= 15 is 0 Å². The lowest BCUT2D eigenvalue weighted by Crippen LogP contribution is -2.22. The molecule has 1 aromatic heterocycles. The summed E-state index contributed by atoms with van der Waals surface area (Å²) in [5.41, 5.74) is 8.50. The predicted octanol–water partition coefficient (Wildman–Crippen LogP) is 3.08. The fraction of sp³-hybridized carbons (Fsp3) is 0.231. The third-order valence-corrected chi connectivity index (χ3v) is 4.60. The lowest BCUT2D eigenvalue weighted by atomic mass is 10.1. The molecule has 0 radical (unpaired) electrons. The zero-order valence-electron chi connectivity index (χ0n) is 10.2. The molecule has 0 saturated heterocycles. The van der Waals surface area contributed by atoms with Crippen molar-refractivity contribution in [3.63, 3.8) is 0 Å². The van der Waals surface area contributed by atoms with Crippen molar-refractivity contribution in [2.75, 3.05) is 0 Å². The number of thioether (sulfide) groups is 1. The fourth-order valence-corrected chi connectivity index (χ4v) is 3.30. The highest BCUT2D eigenvalue weighted by Gasteiger charge is 2.13. The highest BCUT2D eigenvalue weighted by molar-refractivity contribution is 8.02. The molecule has 2 N–H and O–H groups in total. The van der Waals surface area contributed by atoms with Crippen molar-refractivity contribution in [3.05, 3.63) is 35.2 Å². The van der Waals surface area contributed by atoms with E-state index in [0.29, 0.717) is 0 Å². The number of nitrogens with zero attached hydrogens (tertiary/aromatic N) is 1. The van der Waals surface area contributed by atoms with E-state index in [1.54, 1.807) is 6.92 Å². The first-order chi connectivity index (χ1) is 8.56. The summed E-state index contributed by atoms with van der Waals surface area (Å²) in [4.78, 5) is 15.5. The number of rotatable bonds is 4. The molecule has 94 valence electrons. The number of nitrogens with two attached hydrogens (primary N) is 1. The minimum atomic E-state index is -0.313. The number of thiazole rings is 1. The van der Waals surface area contributed by atoms with Gasteiger partial charge in [0.1, 0.15) is 0 Å². The number of carbonyl (C=O) groups excluding carboxylic acids is 1. The molecule has 1 aromatic carbocycles. The number of aromatic nitrogens is 1. The van der Waals surface area contributed by atoms with E-state index in [4.69, 9.17) is 5.73 Å². The van der Waals surface area contributed by atoms with Crippen LogP contribution in [0.25, 0.3) is 11.3 Å². The first-order valence-corrected chi connectivity index (χ1v) is 7.31. The normalized spacial score (nSPS) is 12.3. The van der Waals surface area contributed by atoms with Gasteiger partial charge in [0.2, 0.25) is 5.91 Å². The van der Waals surface area contributed by atoms with Crippen LogP contribution >= 0.6 is 23.1 Å². The highest BCUT2D eigenvalue weighted by atomic mass is 32.2. The molecule has 0 bridgehead atoms. The van der Waals surface area contributed by atoms with E-state index in [1.165, 1.54) is 28.7 Å². The van der Waals surface area contributed by atoms with Gasteiger partial charge in [-0.25, -0.2) is 4.98 Å². The predicted molar refractivity (Wildman–Crippen MR) is 76.8 cm³/mol. The summed E-state index contributed by atoms with van der Waals surface area (Å²) >= 11 is 2.94. The standard InChI is InChI=1S/C13H14N2OS2/c1-8-3-5-10(6-4-8)11-7-17-13(15-11)18-9(2)12(14)16/h3-7,9H,1-2H3,(H2,14,16)/t9-/m0/s1. The number of aryl methyl sites for hydroxylation is 1. The number of primary amides is 1. The number of amides is 1. The maximum absolute atomic E-state index is 11.0. The van der Waals surface area contributed by atoms with E-state index < -0.39 is 0 Å². The molecule has 0 saturated carbocycles. The first-order valence-electron chi connectivity index (χ1n) is 5.55. The van der Waals surface area contributed by atoms with Gasteiger partial charge >= 0.3 is 0 Å². The number of hydrogen-bond acceptors (Lipinski definition) is 4. The van der Waals surface area contributed by atoms with E-state index in [2.05, 4.69) is 36.2 Å². The molecule has 0 unspecified atom stereocenters. The van der Waals surface area contributed by atoms with Crippen molar-refractivity contribution < 1.29 is 4.79 Å². The zero-order chi connectivity index (χ0) is 13.1. The molecule has 1 heterocycles. The van der Waals surface area contributed by atoms with Gasteiger partial charge in [-0.05, 0) is 13.8 Å². The first kappa shape index (κ1) is 13.1. The Morgan fingerprint density at radius 1 is 1.39 bits per heavy atom. The summed E-state index contributed by atoms with van der Waals surface area (Å²) in [6.07, 6.45) is 0. The summed E-state index contributed by atoms with van der Waals surface area (Å²) in [6.45, 7) is 3.85. The monoisotopic (exact) mass is 278 g/mol. The number of carbonyl (C=O) groups is 1. The third kappa shape index (κ3) is 3.11. The molecule has 1 atom stereocenters. The van der Waals surface area contributed by atoms with Crippen LogP contribution < -0.4 is 5.73 Å². The Hall–Kier alpha value is -1.33. The lowest BCUT2D eigenvalue weighted by Gasteiger charge is -2.02. The Kier molecular flexibility index (Phi) is 4.04. The van der Waals surface area contributed by atoms with Crippen LogP contribution in [0, 0.1) is 6.92 Å². The van der Waals surface area contributed by atoms with E-state index in [-0.39, 0.29) is 11.2 Å². The van der Waals surface area contributed by atoms with Gasteiger partial charge < -0.3 is 5.73 Å². The van der Waals surface area contributed by atoms with E-state index in [0.717, 1.165) is 15.6 Å². The summed E-state index contributed by atoms with van der Waals surface area (Å²) in [5.74, 6) is -0.313. The maximum Gasteiger partial charge on any atom is 0.230 e. The summed E-state index contributed by atoms with van der Waals surface area (Å²) in [6, 6.07) is 8.23. The number of benzene rings is 1. The van der Waals surface area contributed by atoms with Crippen LogP contribution in [0.3, 0.4) is 0 Å². The van der Waals surface area contributed by atoms with Crippen LogP contribution in [0.1, 0.15) is 12.5 Å². The second kappa shape index (κ2) is 5.54. The topological polar surface area (TPSA) is 56.0 Å². The molecule has 0 aliphatic heterocycles. The fourth-order valence-electron chi connectivity index (χ4n) is 1.38. The maximum atomic E-state index is 11.0. The average molecular weight is 278 g/mol. The molecule has 3 nitrogen and oxygen atoms in total. The van der Waals surface area contributed by atoms with Crippen LogP contribution in [-0.2, 0) is 4.79 Å². The zero-order valence-corrected chi connectivity index (χ0v) is 11.8. The van der Waals surface area contributed by atoms with Crippen molar-refractivity contribution >= 4 is 29.0 Å². The molecule has 0 aliphatic carbocycles. The summed E-state index contributed by atoms with van der Waals surface area (Å²) < 4.78 is 0.872. The molecular weight excluding hydrogens is 264 g/mol. The molecule has 0 spiro atoms. The highest BCUT2D eigenvalue weighted by Crippen LogP contribution is 2.30. The van der Waals surface area contributed by atoms with Gasteiger partial charge in [0.25, 0.3) is 0 Å². The molecule has 5 heteroatoms. The summed E-state index contributed by atoms with van der Waals surface area (Å²) in [5, 5.41) is 1.75. The molecule has 1 amide bonds. The van der Waals surface area contributed by atoms with Crippen molar-refractivity contribution in [3.8, 4) is 11.3 Å². The molecule has 0 fully saturated rings. The molecular formula is C13H14N2OS2. The Balaban J connectivity index is 2.15. The Labute approximate surface area is 114 Å². The Morgan fingerprint density at radius 3 is 2.67 bits per heavy atom. The molecule has 0 aliphatic rings. The van der Waals surface area contributed by atoms with Crippen molar-refractivity contribution in [2.45, 2.75) is 23.4 Å². The van der Waals surface area contributed by atoms with Gasteiger partial charge in [0.15, 0.2) is 4.34 Å². The minimum absolute atomic E-state index is 0.248. The molecule has 18 heavy (non-hydrogen) atoms. The second-order valence-electron chi connectivity index (χ2n) is 4.03. The van der Waals surface area contributed by atoms with Crippen molar-refractivity contribution in [1.29, 1.82) is 0 Å². The van der Waals surface area contributed by atoms with Gasteiger partial charge in [0, 0.05) is 10.9 Å². The van der Waals surface area contributed by atoms with Crippen LogP contribution in [0.5, 0.6) is 0 Å². The van der Waals surface area contributed by atoms with Crippen LogP contribution in [-0.4, -0.2) is 16.1 Å². The minimum Gasteiger partial charge on any atom is -0.369 e. The van der Waals surface area contributed by atoms with Gasteiger partial charge in [-0.15, -0.1) is 11.3 Å². The van der Waals surface area contributed by atoms with Gasteiger partial charge in [-0.2, -0.15) is 0 Å². The second-order valence-corrected chi connectivity index (χ2v) is 6.47. The van der Waals surface area contributed by atoms with Crippen molar-refractivity contribution in [1.82, 2.24) is 4.98 Å². The number of hydrogen-bond donors (Lipinski definition) is 1.